The summed E-state index contributed by atoms with van der Waals surface area (Å²) in [7, 11) is 4.53. The number of benzene rings is 1. The Morgan fingerprint density at radius 2 is 1.33 bits per heavy atom. The molecule has 1 unspecified atom stereocenters. The lowest BCUT2D eigenvalue weighted by atomic mass is 9.97. The minimum Gasteiger partial charge on any atom is -0.296 e. The van der Waals surface area contributed by atoms with Crippen LogP contribution >= 0.6 is 0 Å². The summed E-state index contributed by atoms with van der Waals surface area (Å²) in [5, 5.41) is 0. The van der Waals surface area contributed by atoms with Gasteiger partial charge in [-0.1, -0.05) is 95.0 Å². The summed E-state index contributed by atoms with van der Waals surface area (Å²) in [5.74, 6) is 0. The van der Waals surface area contributed by atoms with Crippen LogP contribution in [-0.2, 0) is 0 Å². The second-order valence-corrected chi connectivity index (χ2v) is 7.71. The fourth-order valence-electron chi connectivity index (χ4n) is 3.51. The van der Waals surface area contributed by atoms with Crippen LogP contribution in [-0.4, -0.2) is 18.6 Å². The summed E-state index contributed by atoms with van der Waals surface area (Å²) in [6, 6.07) is 11.5. The Bertz CT molecular complexity index is 421. The molecule has 1 nitrogen and oxygen atoms in total. The van der Waals surface area contributed by atoms with E-state index in [1.807, 2.05) is 0 Å². The summed E-state index contributed by atoms with van der Waals surface area (Å²) >= 11 is 0. The normalized spacial score (nSPS) is 13.0. The standard InChI is InChI=1S/C23H40N/c1-5-7-8-9-10-11-12-13-14-18-21-23(24(3,4)6-2)22-19-16-15-17-20-22/h6,15-17,19-20,23H,2,5,7-14,18,21H2,1,3-4H3/q+1. The van der Waals surface area contributed by atoms with Gasteiger partial charge in [0, 0.05) is 12.0 Å². The van der Waals surface area contributed by atoms with E-state index in [0.717, 1.165) is 4.48 Å². The van der Waals surface area contributed by atoms with E-state index in [2.05, 4.69) is 64.1 Å². The first kappa shape index (κ1) is 21.0. The van der Waals surface area contributed by atoms with E-state index in [1.165, 1.54) is 76.2 Å². The van der Waals surface area contributed by atoms with Gasteiger partial charge in [0.1, 0.15) is 6.04 Å². The van der Waals surface area contributed by atoms with Gasteiger partial charge < -0.3 is 0 Å². The van der Waals surface area contributed by atoms with Gasteiger partial charge >= 0.3 is 0 Å². The minimum atomic E-state index is 0.526. The summed E-state index contributed by atoms with van der Waals surface area (Å²) < 4.78 is 0.863. The molecule has 1 atom stereocenters. The van der Waals surface area contributed by atoms with Crippen LogP contribution < -0.4 is 0 Å². The number of unbranched alkanes of at least 4 members (excludes halogenated alkanes) is 9. The van der Waals surface area contributed by atoms with Gasteiger partial charge in [-0.15, -0.1) is 0 Å². The van der Waals surface area contributed by atoms with Crippen molar-refractivity contribution in [2.45, 2.75) is 83.6 Å². The molecule has 0 aliphatic carbocycles. The fraction of sp³-hybridized carbons (Fsp3) is 0.652. The first-order chi connectivity index (χ1) is 11.6. The SMILES string of the molecule is C=C[N+](C)(C)C(CCCCCCCCCCCC)c1ccccc1. The highest BCUT2D eigenvalue weighted by Gasteiger charge is 2.26. The summed E-state index contributed by atoms with van der Waals surface area (Å²) in [6.45, 7) is 6.34. The van der Waals surface area contributed by atoms with Gasteiger partial charge in [0.15, 0.2) is 0 Å². The van der Waals surface area contributed by atoms with Crippen molar-refractivity contribution in [1.82, 2.24) is 0 Å². The topological polar surface area (TPSA) is 0 Å². The molecule has 0 amide bonds. The third kappa shape index (κ3) is 8.15. The second-order valence-electron chi connectivity index (χ2n) is 7.71. The van der Waals surface area contributed by atoms with Gasteiger partial charge in [-0.3, -0.25) is 4.48 Å². The van der Waals surface area contributed by atoms with Gasteiger partial charge in [-0.25, -0.2) is 0 Å². The zero-order chi connectivity index (χ0) is 17.7. The highest BCUT2D eigenvalue weighted by Crippen LogP contribution is 2.30. The van der Waals surface area contributed by atoms with E-state index in [1.54, 1.807) is 0 Å². The van der Waals surface area contributed by atoms with Crippen LogP contribution in [0.25, 0.3) is 0 Å². The Kier molecular flexibility index (Phi) is 10.7. The monoisotopic (exact) mass is 330 g/mol. The van der Waals surface area contributed by atoms with Gasteiger partial charge in [0.05, 0.1) is 20.3 Å². The maximum absolute atomic E-state index is 4.05. The van der Waals surface area contributed by atoms with E-state index >= 15 is 0 Å². The molecular formula is C23H40N+. The van der Waals surface area contributed by atoms with E-state index in [9.17, 15) is 0 Å². The molecule has 0 radical (unpaired) electrons. The number of nitrogens with zero attached hydrogens (tertiary/aromatic N) is 1. The van der Waals surface area contributed by atoms with E-state index < -0.39 is 0 Å². The molecule has 0 spiro atoms. The molecule has 0 fully saturated rings. The molecule has 24 heavy (non-hydrogen) atoms. The maximum Gasteiger partial charge on any atom is 0.118 e. The lowest BCUT2D eigenvalue weighted by Gasteiger charge is -2.35. The largest absolute Gasteiger partial charge is 0.296 e. The molecule has 0 aliphatic rings. The van der Waals surface area contributed by atoms with E-state index in [-0.39, 0.29) is 0 Å². The molecule has 0 saturated heterocycles. The molecule has 136 valence electrons. The van der Waals surface area contributed by atoms with E-state index in [0.29, 0.717) is 6.04 Å². The van der Waals surface area contributed by atoms with Crippen molar-refractivity contribution in [3.05, 3.63) is 48.7 Å². The smallest absolute Gasteiger partial charge is 0.118 e. The zero-order valence-electron chi connectivity index (χ0n) is 16.5. The summed E-state index contributed by atoms with van der Waals surface area (Å²) in [5.41, 5.74) is 1.44. The Balaban J connectivity index is 2.26. The van der Waals surface area contributed by atoms with Gasteiger partial charge in [-0.05, 0) is 13.0 Å². The molecule has 1 aromatic carbocycles. The highest BCUT2D eigenvalue weighted by molar-refractivity contribution is 5.17. The van der Waals surface area contributed by atoms with Crippen molar-refractivity contribution in [1.29, 1.82) is 0 Å². The lowest BCUT2D eigenvalue weighted by molar-refractivity contribution is -0.872. The number of hydrogen-bond acceptors (Lipinski definition) is 0. The Morgan fingerprint density at radius 1 is 0.833 bits per heavy atom. The Hall–Kier alpha value is -1.08. The van der Waals surface area contributed by atoms with Gasteiger partial charge in [0.2, 0.25) is 0 Å². The molecule has 0 aliphatic heterocycles. The fourth-order valence-corrected chi connectivity index (χ4v) is 3.51. The van der Waals surface area contributed by atoms with Crippen molar-refractivity contribution in [3.8, 4) is 0 Å². The summed E-state index contributed by atoms with van der Waals surface area (Å²) in [4.78, 5) is 0. The molecule has 0 aromatic heterocycles. The van der Waals surface area contributed by atoms with Crippen LogP contribution in [0.5, 0.6) is 0 Å². The van der Waals surface area contributed by atoms with Crippen LogP contribution in [0, 0.1) is 0 Å². The van der Waals surface area contributed by atoms with Crippen LogP contribution in [0.15, 0.2) is 43.1 Å². The van der Waals surface area contributed by atoms with Gasteiger partial charge in [0.25, 0.3) is 0 Å². The average Bonchev–Trinajstić information content (AvgIpc) is 2.60. The number of hydrogen-bond donors (Lipinski definition) is 0. The first-order valence-electron chi connectivity index (χ1n) is 10.1. The minimum absolute atomic E-state index is 0.526. The van der Waals surface area contributed by atoms with Crippen molar-refractivity contribution in [2.75, 3.05) is 14.1 Å². The van der Waals surface area contributed by atoms with E-state index in [4.69, 9.17) is 0 Å². The first-order valence-corrected chi connectivity index (χ1v) is 10.1. The third-order valence-electron chi connectivity index (χ3n) is 5.29. The van der Waals surface area contributed by atoms with Crippen LogP contribution in [0.2, 0.25) is 0 Å². The molecule has 0 heterocycles. The molecule has 1 aromatic rings. The molecule has 0 saturated carbocycles. The molecular weight excluding hydrogens is 290 g/mol. The summed E-state index contributed by atoms with van der Waals surface area (Å²) in [6.07, 6.45) is 17.3. The van der Waals surface area contributed by atoms with Crippen LogP contribution in [0.3, 0.4) is 0 Å². The Labute approximate surface area is 151 Å². The average molecular weight is 331 g/mol. The lowest BCUT2D eigenvalue weighted by Crippen LogP contribution is -2.37. The van der Waals surface area contributed by atoms with Crippen LogP contribution in [0.4, 0.5) is 0 Å². The molecule has 1 heteroatoms. The second kappa shape index (κ2) is 12.3. The van der Waals surface area contributed by atoms with Crippen LogP contribution in [0.1, 0.15) is 89.2 Å². The van der Waals surface area contributed by atoms with Crippen molar-refractivity contribution in [3.63, 3.8) is 0 Å². The van der Waals surface area contributed by atoms with Gasteiger partial charge in [-0.2, -0.15) is 0 Å². The highest BCUT2D eigenvalue weighted by atomic mass is 15.3. The quantitative estimate of drug-likeness (QED) is 0.249. The van der Waals surface area contributed by atoms with Crippen molar-refractivity contribution in [2.24, 2.45) is 0 Å². The zero-order valence-corrected chi connectivity index (χ0v) is 16.5. The van der Waals surface area contributed by atoms with Crippen molar-refractivity contribution >= 4 is 0 Å². The molecule has 0 N–H and O–H groups in total. The maximum atomic E-state index is 4.05. The molecule has 0 bridgehead atoms. The third-order valence-corrected chi connectivity index (χ3v) is 5.29. The predicted molar refractivity (Wildman–Crippen MR) is 108 cm³/mol. The number of quaternary nitrogens is 1. The predicted octanol–water partition coefficient (Wildman–Crippen LogP) is 7.26. The number of rotatable bonds is 14. The molecule has 1 rings (SSSR count). The Morgan fingerprint density at radius 3 is 1.83 bits per heavy atom. The van der Waals surface area contributed by atoms with Crippen molar-refractivity contribution < 1.29 is 4.48 Å².